The Hall–Kier alpha value is -2.58. The van der Waals surface area contributed by atoms with Crippen LogP contribution in [0.15, 0.2) is 84.5 Å². The number of nitrogens with one attached hydrogen (secondary N) is 1. The molecule has 0 spiro atoms. The van der Waals surface area contributed by atoms with Gasteiger partial charge in [-0.15, -0.1) is 0 Å². The van der Waals surface area contributed by atoms with E-state index in [1.54, 1.807) is 0 Å². The van der Waals surface area contributed by atoms with E-state index in [9.17, 15) is 0 Å². The van der Waals surface area contributed by atoms with Crippen molar-refractivity contribution in [3.05, 3.63) is 95.6 Å². The van der Waals surface area contributed by atoms with E-state index < -0.39 is 0 Å². The number of allylic oxidation sites excluding steroid dienone is 3. The molecule has 0 amide bonds. The Morgan fingerprint density at radius 3 is 1.91 bits per heavy atom. The third-order valence-corrected chi connectivity index (χ3v) is 6.94. The van der Waals surface area contributed by atoms with Crippen molar-refractivity contribution in [2.75, 3.05) is 24.5 Å². The molecule has 0 bridgehead atoms. The molecule has 1 aliphatic carbocycles. The molecule has 0 fully saturated rings. The lowest BCUT2D eigenvalue weighted by Crippen LogP contribution is -2.25. The molecular formula is C33H46N2. The maximum absolute atomic E-state index is 3.48. The summed E-state index contributed by atoms with van der Waals surface area (Å²) >= 11 is 0. The van der Waals surface area contributed by atoms with Gasteiger partial charge in [0.25, 0.3) is 0 Å². The van der Waals surface area contributed by atoms with Crippen molar-refractivity contribution in [2.24, 2.45) is 0 Å². The predicted octanol–water partition coefficient (Wildman–Crippen LogP) is 8.56. The molecule has 0 radical (unpaired) electrons. The summed E-state index contributed by atoms with van der Waals surface area (Å²) in [5.41, 5.74) is 6.43. The van der Waals surface area contributed by atoms with Gasteiger partial charge >= 0.3 is 0 Å². The molecule has 0 saturated heterocycles. The molecule has 0 aliphatic heterocycles. The van der Waals surface area contributed by atoms with Crippen molar-refractivity contribution < 1.29 is 0 Å². The Balaban J connectivity index is 1.68. The van der Waals surface area contributed by atoms with Gasteiger partial charge in [0.2, 0.25) is 0 Å². The number of likely N-dealkylation sites (N-methyl/N-ethyl adjacent to an activating group) is 1. The van der Waals surface area contributed by atoms with Crippen molar-refractivity contribution in [2.45, 2.75) is 78.2 Å². The lowest BCUT2D eigenvalue weighted by molar-refractivity contribution is 0.572. The number of unbranched alkanes of at least 4 members (excludes halogenated alkanes) is 7. The summed E-state index contributed by atoms with van der Waals surface area (Å²) in [5, 5.41) is 3.48. The van der Waals surface area contributed by atoms with E-state index in [0.29, 0.717) is 6.04 Å². The fourth-order valence-corrected chi connectivity index (χ4v) is 4.92. The van der Waals surface area contributed by atoms with Gasteiger partial charge in [-0.1, -0.05) is 126 Å². The van der Waals surface area contributed by atoms with Crippen molar-refractivity contribution in [3.8, 4) is 0 Å². The SMILES string of the molecule is CCCCCCCCCCN(CC)c1ccc(C(=C2C=CC(NCC)C=C2)c2ccccc2)cc1. The molecule has 2 nitrogen and oxygen atoms in total. The minimum atomic E-state index is 0.317. The Kier molecular flexibility index (Phi) is 11.9. The van der Waals surface area contributed by atoms with Crippen LogP contribution in [0, 0.1) is 0 Å². The summed E-state index contributed by atoms with van der Waals surface area (Å²) in [6, 6.07) is 20.3. The normalized spacial score (nSPS) is 14.9. The van der Waals surface area contributed by atoms with Gasteiger partial charge in [-0.25, -0.2) is 0 Å². The molecule has 0 heterocycles. The molecule has 3 rings (SSSR count). The highest BCUT2D eigenvalue weighted by molar-refractivity contribution is 5.86. The molecule has 188 valence electrons. The van der Waals surface area contributed by atoms with Gasteiger partial charge in [0, 0.05) is 24.8 Å². The van der Waals surface area contributed by atoms with Crippen LogP contribution in [-0.2, 0) is 0 Å². The molecule has 2 aromatic rings. The number of anilines is 1. The zero-order valence-electron chi connectivity index (χ0n) is 22.3. The molecular weight excluding hydrogens is 424 g/mol. The number of hydrogen-bond acceptors (Lipinski definition) is 2. The first kappa shape index (κ1) is 27.0. The zero-order chi connectivity index (χ0) is 24.7. The van der Waals surface area contributed by atoms with Crippen LogP contribution in [0.3, 0.4) is 0 Å². The summed E-state index contributed by atoms with van der Waals surface area (Å²) in [6.45, 7) is 9.88. The fourth-order valence-electron chi connectivity index (χ4n) is 4.92. The predicted molar refractivity (Wildman–Crippen MR) is 155 cm³/mol. The third kappa shape index (κ3) is 8.54. The first-order valence-corrected chi connectivity index (χ1v) is 14.0. The van der Waals surface area contributed by atoms with Crippen molar-refractivity contribution >= 4 is 11.3 Å². The number of rotatable bonds is 15. The molecule has 0 unspecified atom stereocenters. The minimum Gasteiger partial charge on any atom is -0.372 e. The lowest BCUT2D eigenvalue weighted by atomic mass is 9.90. The maximum atomic E-state index is 3.48. The quantitative estimate of drug-likeness (QED) is 0.262. The maximum Gasteiger partial charge on any atom is 0.0442 e. The van der Waals surface area contributed by atoms with Crippen LogP contribution in [0.2, 0.25) is 0 Å². The topological polar surface area (TPSA) is 15.3 Å². The second-order valence-electron chi connectivity index (χ2n) is 9.60. The van der Waals surface area contributed by atoms with Crippen LogP contribution < -0.4 is 10.2 Å². The summed E-state index contributed by atoms with van der Waals surface area (Å²) < 4.78 is 0. The van der Waals surface area contributed by atoms with Gasteiger partial charge < -0.3 is 10.2 Å². The molecule has 0 atom stereocenters. The number of benzene rings is 2. The fraction of sp³-hybridized carbons (Fsp3) is 0.455. The van der Waals surface area contributed by atoms with Crippen LogP contribution in [0.5, 0.6) is 0 Å². The second-order valence-corrected chi connectivity index (χ2v) is 9.60. The summed E-state index contributed by atoms with van der Waals surface area (Å²) in [7, 11) is 0. The van der Waals surface area contributed by atoms with Gasteiger partial charge in [-0.05, 0) is 54.3 Å². The van der Waals surface area contributed by atoms with Crippen LogP contribution in [0.4, 0.5) is 5.69 Å². The largest absolute Gasteiger partial charge is 0.372 e. The standard InChI is InChI=1S/C33H46N2/c1-4-7-8-9-10-11-12-16-27-35(6-3)32-25-21-30(22-26-32)33(28-17-14-13-15-18-28)29-19-23-31(24-20-29)34-5-2/h13-15,17-26,31,34H,4-12,16,27H2,1-3H3. The van der Waals surface area contributed by atoms with Crippen molar-refractivity contribution in [3.63, 3.8) is 0 Å². The van der Waals surface area contributed by atoms with Crippen LogP contribution in [-0.4, -0.2) is 25.7 Å². The molecule has 35 heavy (non-hydrogen) atoms. The minimum absolute atomic E-state index is 0.317. The van der Waals surface area contributed by atoms with Gasteiger partial charge in [-0.3, -0.25) is 0 Å². The van der Waals surface area contributed by atoms with Crippen molar-refractivity contribution in [1.82, 2.24) is 5.32 Å². The Morgan fingerprint density at radius 1 is 0.714 bits per heavy atom. The molecule has 0 aromatic heterocycles. The van der Waals surface area contributed by atoms with E-state index in [4.69, 9.17) is 0 Å². The average Bonchev–Trinajstić information content (AvgIpc) is 2.90. The Labute approximate surface area is 214 Å². The van der Waals surface area contributed by atoms with Crippen LogP contribution in [0.1, 0.15) is 83.3 Å². The van der Waals surface area contributed by atoms with E-state index in [1.165, 1.54) is 79.3 Å². The molecule has 0 saturated carbocycles. The van der Waals surface area contributed by atoms with Gasteiger partial charge in [0.15, 0.2) is 0 Å². The lowest BCUT2D eigenvalue weighted by Gasteiger charge is -2.24. The van der Waals surface area contributed by atoms with Gasteiger partial charge in [0.05, 0.1) is 0 Å². The van der Waals surface area contributed by atoms with Crippen LogP contribution >= 0.6 is 0 Å². The summed E-state index contributed by atoms with van der Waals surface area (Å²) in [6.07, 6.45) is 20.0. The monoisotopic (exact) mass is 470 g/mol. The molecule has 2 aromatic carbocycles. The molecule has 1 N–H and O–H groups in total. The number of hydrogen-bond donors (Lipinski definition) is 1. The van der Waals surface area contributed by atoms with E-state index in [2.05, 4.69) is 110 Å². The highest BCUT2D eigenvalue weighted by atomic mass is 15.1. The van der Waals surface area contributed by atoms with Gasteiger partial charge in [0.1, 0.15) is 0 Å². The van der Waals surface area contributed by atoms with Crippen molar-refractivity contribution in [1.29, 1.82) is 0 Å². The summed E-state index contributed by atoms with van der Waals surface area (Å²) in [5.74, 6) is 0. The highest BCUT2D eigenvalue weighted by Gasteiger charge is 2.13. The zero-order valence-corrected chi connectivity index (χ0v) is 22.3. The second kappa shape index (κ2) is 15.4. The molecule has 2 heteroatoms. The van der Waals surface area contributed by atoms with E-state index >= 15 is 0 Å². The van der Waals surface area contributed by atoms with E-state index in [1.807, 2.05) is 0 Å². The smallest absolute Gasteiger partial charge is 0.0442 e. The average molecular weight is 471 g/mol. The first-order valence-electron chi connectivity index (χ1n) is 14.0. The Morgan fingerprint density at radius 2 is 1.31 bits per heavy atom. The van der Waals surface area contributed by atoms with E-state index in [-0.39, 0.29) is 0 Å². The van der Waals surface area contributed by atoms with Crippen LogP contribution in [0.25, 0.3) is 5.57 Å². The van der Waals surface area contributed by atoms with E-state index in [0.717, 1.165) is 19.6 Å². The number of nitrogens with zero attached hydrogens (tertiary/aromatic N) is 1. The molecule has 1 aliphatic rings. The Bertz CT molecular complexity index is 921. The van der Waals surface area contributed by atoms with Gasteiger partial charge in [-0.2, -0.15) is 0 Å². The third-order valence-electron chi connectivity index (χ3n) is 6.94. The first-order chi connectivity index (χ1) is 17.3. The summed E-state index contributed by atoms with van der Waals surface area (Å²) in [4.78, 5) is 2.53. The highest BCUT2D eigenvalue weighted by Crippen LogP contribution is 2.31.